The molecule has 0 aromatic carbocycles. The summed E-state index contributed by atoms with van der Waals surface area (Å²) in [5, 5.41) is 0.697. The highest BCUT2D eigenvalue weighted by Crippen LogP contribution is 2.30. The highest BCUT2D eigenvalue weighted by Gasteiger charge is 2.32. The molecule has 4 heterocycles. The molecular formula is C18H17ClN4O3S3. The zero-order chi connectivity index (χ0) is 20.6. The number of aryl methyl sites for hydroxylation is 1. The Balaban J connectivity index is 1.47. The molecule has 1 aliphatic heterocycles. The molecule has 0 saturated carbocycles. The average Bonchev–Trinajstić information content (AvgIpc) is 3.34. The van der Waals surface area contributed by atoms with E-state index in [1.807, 2.05) is 18.2 Å². The largest absolute Gasteiger partial charge is 0.335 e. The predicted molar refractivity (Wildman–Crippen MR) is 114 cm³/mol. The number of halogens is 1. The number of carbonyl (C=O) groups excluding carboxylic acids is 1. The molecule has 1 saturated heterocycles. The minimum absolute atomic E-state index is 0.126. The van der Waals surface area contributed by atoms with Gasteiger partial charge in [0, 0.05) is 32.4 Å². The number of hydrogen-bond acceptors (Lipinski definition) is 7. The SMILES string of the molecule is Cc1nc(-c2ccccn2)sc1C(=O)N1CCN(S(=O)(=O)c2ccc(Cl)s2)CC1. The Labute approximate surface area is 181 Å². The topological polar surface area (TPSA) is 83.5 Å². The van der Waals surface area contributed by atoms with E-state index < -0.39 is 10.0 Å². The van der Waals surface area contributed by atoms with Crippen LogP contribution in [0, 0.1) is 6.92 Å². The number of aromatic nitrogens is 2. The maximum atomic E-state index is 13.0. The number of amides is 1. The zero-order valence-electron chi connectivity index (χ0n) is 15.4. The maximum Gasteiger partial charge on any atom is 0.265 e. The van der Waals surface area contributed by atoms with Gasteiger partial charge in [-0.25, -0.2) is 13.4 Å². The second-order valence-electron chi connectivity index (χ2n) is 6.40. The van der Waals surface area contributed by atoms with E-state index in [1.165, 1.54) is 21.7 Å². The van der Waals surface area contributed by atoms with Gasteiger partial charge in [0.15, 0.2) is 0 Å². The van der Waals surface area contributed by atoms with Gasteiger partial charge in [0.2, 0.25) is 0 Å². The normalized spacial score (nSPS) is 15.6. The molecule has 29 heavy (non-hydrogen) atoms. The number of thiophene rings is 1. The smallest absolute Gasteiger partial charge is 0.265 e. The molecule has 0 spiro atoms. The quantitative estimate of drug-likeness (QED) is 0.586. The Morgan fingerprint density at radius 2 is 1.86 bits per heavy atom. The molecule has 1 fully saturated rings. The summed E-state index contributed by atoms with van der Waals surface area (Å²) in [5.74, 6) is -0.126. The number of piperazine rings is 1. The van der Waals surface area contributed by atoms with Crippen molar-refractivity contribution in [2.24, 2.45) is 0 Å². The monoisotopic (exact) mass is 468 g/mol. The highest BCUT2D eigenvalue weighted by atomic mass is 35.5. The Morgan fingerprint density at radius 1 is 1.10 bits per heavy atom. The fourth-order valence-corrected chi connectivity index (χ4v) is 7.10. The number of hydrogen-bond donors (Lipinski definition) is 0. The molecule has 7 nitrogen and oxygen atoms in total. The number of thiazole rings is 1. The lowest BCUT2D eigenvalue weighted by Crippen LogP contribution is -2.50. The van der Waals surface area contributed by atoms with Crippen molar-refractivity contribution < 1.29 is 13.2 Å². The first-order valence-corrected chi connectivity index (χ1v) is 12.2. The summed E-state index contributed by atoms with van der Waals surface area (Å²) in [7, 11) is -3.58. The van der Waals surface area contributed by atoms with Crippen molar-refractivity contribution in [1.82, 2.24) is 19.2 Å². The molecule has 0 unspecified atom stereocenters. The van der Waals surface area contributed by atoms with Crippen LogP contribution in [0.15, 0.2) is 40.7 Å². The van der Waals surface area contributed by atoms with E-state index in [-0.39, 0.29) is 23.2 Å². The van der Waals surface area contributed by atoms with Crippen LogP contribution in [0.1, 0.15) is 15.4 Å². The molecule has 4 rings (SSSR count). The van der Waals surface area contributed by atoms with Crippen LogP contribution in [0.25, 0.3) is 10.7 Å². The molecule has 0 atom stereocenters. The van der Waals surface area contributed by atoms with E-state index >= 15 is 0 Å². The molecule has 3 aromatic rings. The van der Waals surface area contributed by atoms with E-state index in [0.29, 0.717) is 33.0 Å². The highest BCUT2D eigenvalue weighted by molar-refractivity contribution is 7.91. The maximum absolute atomic E-state index is 13.0. The van der Waals surface area contributed by atoms with Crippen LogP contribution in [0.5, 0.6) is 0 Å². The van der Waals surface area contributed by atoms with Crippen molar-refractivity contribution in [3.8, 4) is 10.7 Å². The van der Waals surface area contributed by atoms with Crippen LogP contribution in [0.4, 0.5) is 0 Å². The Kier molecular flexibility index (Phi) is 5.71. The van der Waals surface area contributed by atoms with Crippen molar-refractivity contribution in [2.75, 3.05) is 26.2 Å². The molecule has 0 aliphatic carbocycles. The molecular weight excluding hydrogens is 452 g/mol. The van der Waals surface area contributed by atoms with Gasteiger partial charge in [-0.2, -0.15) is 4.31 Å². The average molecular weight is 469 g/mol. The predicted octanol–water partition coefficient (Wildman–Crippen LogP) is 3.38. The van der Waals surface area contributed by atoms with Gasteiger partial charge in [-0.3, -0.25) is 9.78 Å². The van der Waals surface area contributed by atoms with E-state index in [0.717, 1.165) is 17.0 Å². The van der Waals surface area contributed by atoms with Crippen LogP contribution < -0.4 is 0 Å². The van der Waals surface area contributed by atoms with Crippen LogP contribution in [-0.4, -0.2) is 59.7 Å². The fourth-order valence-electron chi connectivity index (χ4n) is 3.03. The van der Waals surface area contributed by atoms with Gasteiger partial charge in [-0.05, 0) is 31.2 Å². The van der Waals surface area contributed by atoms with Gasteiger partial charge in [0.05, 0.1) is 15.7 Å². The molecule has 3 aromatic heterocycles. The van der Waals surface area contributed by atoms with E-state index in [9.17, 15) is 13.2 Å². The van der Waals surface area contributed by atoms with Crippen LogP contribution in [0.2, 0.25) is 4.34 Å². The van der Waals surface area contributed by atoms with Gasteiger partial charge in [-0.15, -0.1) is 22.7 Å². The number of nitrogens with zero attached hydrogens (tertiary/aromatic N) is 4. The minimum Gasteiger partial charge on any atom is -0.335 e. The van der Waals surface area contributed by atoms with Crippen molar-refractivity contribution in [2.45, 2.75) is 11.1 Å². The van der Waals surface area contributed by atoms with E-state index in [2.05, 4.69) is 9.97 Å². The number of rotatable bonds is 4. The Bertz CT molecular complexity index is 1140. The van der Waals surface area contributed by atoms with Gasteiger partial charge in [-0.1, -0.05) is 17.7 Å². The molecule has 152 valence electrons. The van der Waals surface area contributed by atoms with E-state index in [1.54, 1.807) is 24.1 Å². The van der Waals surface area contributed by atoms with Crippen molar-refractivity contribution in [1.29, 1.82) is 0 Å². The van der Waals surface area contributed by atoms with Crippen molar-refractivity contribution in [3.63, 3.8) is 0 Å². The van der Waals surface area contributed by atoms with Crippen LogP contribution in [-0.2, 0) is 10.0 Å². The molecule has 1 amide bonds. The Morgan fingerprint density at radius 3 is 2.48 bits per heavy atom. The lowest BCUT2D eigenvalue weighted by Gasteiger charge is -2.33. The molecule has 1 aliphatic rings. The zero-order valence-corrected chi connectivity index (χ0v) is 18.6. The molecule has 0 N–H and O–H groups in total. The van der Waals surface area contributed by atoms with Crippen molar-refractivity contribution >= 4 is 50.2 Å². The number of pyridine rings is 1. The first-order valence-electron chi connectivity index (χ1n) is 8.80. The summed E-state index contributed by atoms with van der Waals surface area (Å²) in [6, 6.07) is 8.64. The lowest BCUT2D eigenvalue weighted by molar-refractivity contribution is 0.0702. The molecule has 0 radical (unpaired) electrons. The summed E-state index contributed by atoms with van der Waals surface area (Å²) >= 11 is 8.22. The van der Waals surface area contributed by atoms with Gasteiger partial charge in [0.1, 0.15) is 14.1 Å². The first-order chi connectivity index (χ1) is 13.9. The summed E-state index contributed by atoms with van der Waals surface area (Å²) < 4.78 is 27.5. The van der Waals surface area contributed by atoms with Crippen LogP contribution in [0.3, 0.4) is 0 Å². The van der Waals surface area contributed by atoms with Gasteiger partial charge < -0.3 is 4.90 Å². The second-order valence-corrected chi connectivity index (χ2v) is 11.3. The fraction of sp³-hybridized carbons (Fsp3) is 0.278. The molecule has 0 bridgehead atoms. The summed E-state index contributed by atoms with van der Waals surface area (Å²) in [4.78, 5) is 24.0. The first kappa shape index (κ1) is 20.4. The third-order valence-electron chi connectivity index (χ3n) is 4.54. The number of sulfonamides is 1. The lowest BCUT2D eigenvalue weighted by atomic mass is 10.3. The standard InChI is InChI=1S/C18H17ClN4O3S3/c1-12-16(28-17(21-12)13-4-2-3-7-20-13)18(24)22-8-10-23(11-9-22)29(25,26)15-6-5-14(19)27-15/h2-7H,8-11H2,1H3. The third-order valence-corrected chi connectivity index (χ3v) is 9.31. The van der Waals surface area contributed by atoms with Gasteiger partial charge >= 0.3 is 0 Å². The summed E-state index contributed by atoms with van der Waals surface area (Å²) in [5.41, 5.74) is 1.38. The Hall–Kier alpha value is -1.85. The van der Waals surface area contributed by atoms with Gasteiger partial charge in [0.25, 0.3) is 15.9 Å². The third kappa shape index (κ3) is 4.08. The number of carbonyl (C=O) groups is 1. The van der Waals surface area contributed by atoms with Crippen molar-refractivity contribution in [3.05, 3.63) is 51.4 Å². The summed E-state index contributed by atoms with van der Waals surface area (Å²) in [6.45, 7) is 2.95. The summed E-state index contributed by atoms with van der Waals surface area (Å²) in [6.07, 6.45) is 1.69. The molecule has 11 heteroatoms. The van der Waals surface area contributed by atoms with E-state index in [4.69, 9.17) is 11.6 Å². The van der Waals surface area contributed by atoms with Crippen LogP contribution >= 0.6 is 34.3 Å². The minimum atomic E-state index is -3.58. The second kappa shape index (κ2) is 8.11.